The normalized spacial score (nSPS) is 14.0. The van der Waals surface area contributed by atoms with Crippen LogP contribution in [0.5, 0.6) is 11.6 Å². The van der Waals surface area contributed by atoms with Crippen molar-refractivity contribution in [1.29, 1.82) is 0 Å². The Bertz CT molecular complexity index is 1450. The molecule has 0 aliphatic heterocycles. The van der Waals surface area contributed by atoms with Crippen molar-refractivity contribution in [2.75, 3.05) is 6.61 Å². The van der Waals surface area contributed by atoms with Crippen LogP contribution in [-0.4, -0.2) is 42.8 Å². The van der Waals surface area contributed by atoms with Crippen LogP contribution in [0, 0.1) is 0 Å². The van der Waals surface area contributed by atoms with E-state index < -0.39 is 5.97 Å². The molecule has 0 spiro atoms. The number of aromatic nitrogens is 4. The zero-order chi connectivity index (χ0) is 26.0. The summed E-state index contributed by atoms with van der Waals surface area (Å²) in [5.74, 6) is 0.727. The van der Waals surface area contributed by atoms with Crippen molar-refractivity contribution < 1.29 is 19.4 Å². The summed E-state index contributed by atoms with van der Waals surface area (Å²) in [6.07, 6.45) is 4.66. The largest absolute Gasteiger partial charge is 0.492 e. The molecule has 0 atom stereocenters. The van der Waals surface area contributed by atoms with Crippen molar-refractivity contribution >= 4 is 40.3 Å². The summed E-state index contributed by atoms with van der Waals surface area (Å²) in [6, 6.07) is 13.1. The van der Waals surface area contributed by atoms with Crippen LogP contribution in [-0.2, 0) is 11.3 Å². The van der Waals surface area contributed by atoms with Gasteiger partial charge < -0.3 is 19.1 Å². The molecule has 0 radical (unpaired) electrons. The first-order valence-electron chi connectivity index (χ1n) is 12.1. The zero-order valence-corrected chi connectivity index (χ0v) is 21.8. The number of rotatable bonds is 11. The fourth-order valence-electron chi connectivity index (χ4n) is 4.03. The number of ether oxygens (including phenoxy) is 2. The number of benzene rings is 2. The average molecular weight is 541 g/mol. The second-order valence-electron chi connectivity index (χ2n) is 9.37. The minimum atomic E-state index is -0.819. The molecule has 0 saturated heterocycles. The van der Waals surface area contributed by atoms with Gasteiger partial charge in [-0.3, -0.25) is 4.79 Å². The Morgan fingerprint density at radius 3 is 2.70 bits per heavy atom. The molecule has 10 heteroatoms. The predicted octanol–water partition coefficient (Wildman–Crippen LogP) is 6.41. The van der Waals surface area contributed by atoms with Crippen LogP contribution in [0.1, 0.15) is 44.6 Å². The molecule has 0 amide bonds. The van der Waals surface area contributed by atoms with Crippen molar-refractivity contribution in [2.45, 2.75) is 51.2 Å². The highest BCUT2D eigenvalue weighted by Crippen LogP contribution is 2.42. The molecule has 2 aromatic heterocycles. The number of hydrogen-bond donors (Lipinski definition) is 1. The summed E-state index contributed by atoms with van der Waals surface area (Å²) >= 11 is 13.1. The highest BCUT2D eigenvalue weighted by Gasteiger charge is 2.41. The minimum Gasteiger partial charge on any atom is -0.492 e. The Morgan fingerprint density at radius 2 is 1.95 bits per heavy atom. The zero-order valence-electron chi connectivity index (χ0n) is 20.3. The van der Waals surface area contributed by atoms with E-state index >= 15 is 0 Å². The topological polar surface area (TPSA) is 99.4 Å². The molecule has 1 aliphatic carbocycles. The predicted molar refractivity (Wildman–Crippen MR) is 142 cm³/mol. The van der Waals surface area contributed by atoms with E-state index in [0.717, 1.165) is 18.4 Å². The first kappa shape index (κ1) is 25.3. The number of unbranched alkanes of at least 4 members (excludes halogenated alkanes) is 1. The van der Waals surface area contributed by atoms with Crippen molar-refractivity contribution in [3.8, 4) is 23.0 Å². The lowest BCUT2D eigenvalue weighted by molar-refractivity contribution is -0.137. The maximum Gasteiger partial charge on any atom is 0.303 e. The van der Waals surface area contributed by atoms with E-state index in [1.807, 2.05) is 41.0 Å². The van der Waals surface area contributed by atoms with Gasteiger partial charge in [0.25, 0.3) is 0 Å². The number of imidazole rings is 1. The second kappa shape index (κ2) is 10.6. The monoisotopic (exact) mass is 540 g/mol. The number of carbonyl (C=O) groups is 1. The van der Waals surface area contributed by atoms with Gasteiger partial charge in [0.2, 0.25) is 5.88 Å². The van der Waals surface area contributed by atoms with Crippen molar-refractivity contribution in [1.82, 2.24) is 19.5 Å². The van der Waals surface area contributed by atoms with Gasteiger partial charge in [0, 0.05) is 17.0 Å². The summed E-state index contributed by atoms with van der Waals surface area (Å²) < 4.78 is 14.1. The van der Waals surface area contributed by atoms with Crippen LogP contribution < -0.4 is 9.47 Å². The third-order valence-corrected chi connectivity index (χ3v) is 6.90. The Labute approximate surface area is 224 Å². The Balaban J connectivity index is 1.53. The van der Waals surface area contributed by atoms with Crippen LogP contribution in [0.25, 0.3) is 22.6 Å². The molecular formula is C27H26Cl2N4O4. The van der Waals surface area contributed by atoms with Gasteiger partial charge in [-0.2, -0.15) is 4.98 Å². The summed E-state index contributed by atoms with van der Waals surface area (Å²) in [7, 11) is 0. The van der Waals surface area contributed by atoms with E-state index in [9.17, 15) is 4.79 Å². The maximum absolute atomic E-state index is 10.8. The number of hydrogen-bond acceptors (Lipinski definition) is 6. The van der Waals surface area contributed by atoms with Gasteiger partial charge in [0.15, 0.2) is 11.2 Å². The lowest BCUT2D eigenvalue weighted by Crippen LogP contribution is -2.13. The number of halogens is 2. The molecule has 192 valence electrons. The van der Waals surface area contributed by atoms with Gasteiger partial charge in [-0.15, -0.1) is 0 Å². The quantitative estimate of drug-likeness (QED) is 0.219. The van der Waals surface area contributed by atoms with Crippen molar-refractivity contribution in [3.05, 3.63) is 64.4 Å². The maximum atomic E-state index is 10.8. The smallest absolute Gasteiger partial charge is 0.303 e. The summed E-state index contributed by atoms with van der Waals surface area (Å²) in [5.41, 5.74) is 2.60. The number of carboxylic acids is 1. The fourth-order valence-corrected chi connectivity index (χ4v) is 4.51. The number of aliphatic carboxylic acids is 1. The molecule has 1 N–H and O–H groups in total. The molecule has 5 rings (SSSR count). The van der Waals surface area contributed by atoms with Gasteiger partial charge in [0.1, 0.15) is 23.5 Å². The number of nitrogens with zero attached hydrogens (tertiary/aromatic N) is 4. The van der Waals surface area contributed by atoms with Crippen LogP contribution in [0.3, 0.4) is 0 Å². The molecule has 1 saturated carbocycles. The van der Waals surface area contributed by atoms with E-state index in [0.29, 0.717) is 70.2 Å². The SMILES string of the molecule is CC1(Oc2ncnc3c2nc(-c2cccc(OCCCCC(=O)O)c2Cl)n3Cc2cccc(Cl)c2)CC1. The van der Waals surface area contributed by atoms with Crippen LogP contribution in [0.15, 0.2) is 48.8 Å². The molecule has 0 bridgehead atoms. The molecule has 2 heterocycles. The lowest BCUT2D eigenvalue weighted by Gasteiger charge is -2.13. The number of fused-ring (bicyclic) bond motifs is 1. The molecule has 8 nitrogen and oxygen atoms in total. The van der Waals surface area contributed by atoms with Crippen LogP contribution >= 0.6 is 23.2 Å². The van der Waals surface area contributed by atoms with Crippen molar-refractivity contribution in [2.24, 2.45) is 0 Å². The highest BCUT2D eigenvalue weighted by atomic mass is 35.5. The molecule has 0 unspecified atom stereocenters. The van der Waals surface area contributed by atoms with E-state index in [2.05, 4.69) is 16.9 Å². The molecule has 2 aromatic carbocycles. The van der Waals surface area contributed by atoms with Gasteiger partial charge >= 0.3 is 5.97 Å². The van der Waals surface area contributed by atoms with Gasteiger partial charge in [0.05, 0.1) is 18.2 Å². The Kier molecular flexibility index (Phi) is 7.22. The van der Waals surface area contributed by atoms with Crippen LogP contribution in [0.2, 0.25) is 10.0 Å². The van der Waals surface area contributed by atoms with Gasteiger partial charge in [-0.05, 0) is 62.4 Å². The molecule has 1 aliphatic rings. The third-order valence-electron chi connectivity index (χ3n) is 6.27. The minimum absolute atomic E-state index is 0.106. The van der Waals surface area contributed by atoms with E-state index in [4.69, 9.17) is 42.8 Å². The Morgan fingerprint density at radius 1 is 1.14 bits per heavy atom. The van der Waals surface area contributed by atoms with Gasteiger partial charge in [-0.25, -0.2) is 9.97 Å². The fraction of sp³-hybridized carbons (Fsp3) is 0.333. The first-order valence-corrected chi connectivity index (χ1v) is 12.9. The average Bonchev–Trinajstić information content (AvgIpc) is 3.48. The van der Waals surface area contributed by atoms with E-state index in [1.165, 1.54) is 6.33 Å². The standard InChI is InChI=1S/C27H26Cl2N4O4/c1-27(11-12-27)37-26-23-25(30-16-31-26)33(15-17-6-4-7-18(28)14-17)24(32-23)19-8-5-9-20(22(19)29)36-13-3-2-10-21(34)35/h4-9,14,16H,2-3,10-13,15H2,1H3,(H,34,35). The Hall–Kier alpha value is -3.36. The second-order valence-corrected chi connectivity index (χ2v) is 10.2. The highest BCUT2D eigenvalue weighted by molar-refractivity contribution is 6.34. The summed E-state index contributed by atoms with van der Waals surface area (Å²) in [5, 5.41) is 9.88. The summed E-state index contributed by atoms with van der Waals surface area (Å²) in [6.45, 7) is 2.87. The lowest BCUT2D eigenvalue weighted by atomic mass is 10.1. The molecular weight excluding hydrogens is 515 g/mol. The van der Waals surface area contributed by atoms with E-state index in [1.54, 1.807) is 6.07 Å². The number of carboxylic acid groups (broad SMARTS) is 1. The van der Waals surface area contributed by atoms with Crippen LogP contribution in [0.4, 0.5) is 0 Å². The van der Waals surface area contributed by atoms with E-state index in [-0.39, 0.29) is 12.0 Å². The van der Waals surface area contributed by atoms with Gasteiger partial charge in [-0.1, -0.05) is 41.4 Å². The first-order chi connectivity index (χ1) is 17.8. The molecule has 1 fully saturated rings. The third kappa shape index (κ3) is 5.81. The summed E-state index contributed by atoms with van der Waals surface area (Å²) in [4.78, 5) is 24.6. The molecule has 4 aromatic rings. The van der Waals surface area contributed by atoms with Crippen molar-refractivity contribution in [3.63, 3.8) is 0 Å². The molecule has 37 heavy (non-hydrogen) atoms.